The average Bonchev–Trinajstić information content (AvgIpc) is 3.18. The Kier molecular flexibility index (Phi) is 23.9. The van der Waals surface area contributed by atoms with Crippen LogP contribution in [0.4, 0.5) is 35.1 Å². The molecule has 2 heterocycles. The number of alkyl halides is 6. The van der Waals surface area contributed by atoms with Gasteiger partial charge in [0.15, 0.2) is 11.4 Å². The fraction of sp³-hybridized carbons (Fsp3) is 0.250. The number of amidine groups is 2. The Morgan fingerprint density at radius 1 is 0.741 bits per heavy atom. The van der Waals surface area contributed by atoms with E-state index in [0.717, 1.165) is 31.5 Å². The first-order valence-corrected chi connectivity index (χ1v) is 20.5. The van der Waals surface area contributed by atoms with E-state index in [0.29, 0.717) is 36.6 Å². The first kappa shape index (κ1) is 54.0. The molecule has 58 heavy (non-hydrogen) atoms. The SMILES string of the molecule is FC(F)(F)Oc1cc[c-]cc1.O=C(C1=NCCCN1)c1ccc(F)c(Br)c1.OC(C1=NCCCN1)(c1ccc(OC(F)(F)F)cc1)c1ccc(F)c(Br)c1.[Br-].[Cu][I].[Mg+2]. The predicted molar refractivity (Wildman–Crippen MR) is 210 cm³/mol. The van der Waals surface area contributed by atoms with Gasteiger partial charge >= 0.3 is 68.9 Å². The second-order valence-electron chi connectivity index (χ2n) is 11.2. The summed E-state index contributed by atoms with van der Waals surface area (Å²) < 4.78 is 106. The number of Topliss-reactive ketones (excluding diaryl/α,β-unsaturated/α-hetero) is 1. The molecule has 0 bridgehead atoms. The van der Waals surface area contributed by atoms with Gasteiger partial charge in [-0.3, -0.25) is 14.8 Å². The van der Waals surface area contributed by atoms with Crippen molar-refractivity contribution in [2.45, 2.75) is 31.2 Å². The van der Waals surface area contributed by atoms with Gasteiger partial charge in [-0.15, -0.1) is 38.5 Å². The Morgan fingerprint density at radius 3 is 1.69 bits per heavy atom. The van der Waals surface area contributed by atoms with Crippen molar-refractivity contribution in [3.8, 4) is 11.5 Å². The van der Waals surface area contributed by atoms with Gasteiger partial charge in [0.2, 0.25) is 5.78 Å². The Morgan fingerprint density at radius 2 is 1.22 bits per heavy atom. The minimum atomic E-state index is -4.81. The van der Waals surface area contributed by atoms with E-state index in [1.54, 1.807) is 20.3 Å². The molecule has 0 radical (unpaired) electrons. The first-order chi connectivity index (χ1) is 26.5. The van der Waals surface area contributed by atoms with Crippen molar-refractivity contribution in [2.24, 2.45) is 9.98 Å². The monoisotopic (exact) mass is 1180 g/mol. The molecule has 0 saturated heterocycles. The number of aliphatic hydroxyl groups is 1. The van der Waals surface area contributed by atoms with Crippen LogP contribution in [0.5, 0.6) is 11.5 Å². The number of aliphatic imine (C=N–C) groups is 2. The van der Waals surface area contributed by atoms with Crippen LogP contribution < -0.4 is 37.1 Å². The molecule has 22 heteroatoms. The number of rotatable bonds is 7. The second kappa shape index (κ2) is 25.7. The summed E-state index contributed by atoms with van der Waals surface area (Å²) in [6.07, 6.45) is -7.70. The van der Waals surface area contributed by atoms with Crippen LogP contribution in [0.3, 0.4) is 0 Å². The number of ether oxygens (including phenoxy) is 2. The Balaban J connectivity index is 0.000000462. The molecule has 0 amide bonds. The van der Waals surface area contributed by atoms with E-state index in [9.17, 15) is 45.0 Å². The van der Waals surface area contributed by atoms with Gasteiger partial charge in [-0.2, -0.15) is 18.2 Å². The zero-order valence-electron chi connectivity index (χ0n) is 29.4. The molecule has 0 spiro atoms. The van der Waals surface area contributed by atoms with Crippen LogP contribution in [-0.2, 0) is 18.4 Å². The third kappa shape index (κ3) is 17.1. The molecule has 1 unspecified atom stereocenters. The van der Waals surface area contributed by atoms with Gasteiger partial charge < -0.3 is 42.2 Å². The Labute approximate surface area is 391 Å². The largest absolute Gasteiger partial charge is 2.00 e. The Hall–Kier alpha value is -2.05. The van der Waals surface area contributed by atoms with Crippen molar-refractivity contribution in [1.82, 2.24) is 10.6 Å². The van der Waals surface area contributed by atoms with Gasteiger partial charge in [-0.25, -0.2) is 8.78 Å². The van der Waals surface area contributed by atoms with Gasteiger partial charge in [0, 0.05) is 37.5 Å². The third-order valence-electron chi connectivity index (χ3n) is 7.30. The number of nitrogens with zero attached hydrogens (tertiary/aromatic N) is 2. The molecule has 0 fully saturated rings. The molecule has 0 aliphatic carbocycles. The molecule has 2 aliphatic rings. The number of hydrogen-bond donors (Lipinski definition) is 3. The summed E-state index contributed by atoms with van der Waals surface area (Å²) in [4.78, 5) is 20.4. The second-order valence-corrected chi connectivity index (χ2v) is 12.9. The van der Waals surface area contributed by atoms with E-state index in [4.69, 9.17) is 0 Å². The van der Waals surface area contributed by atoms with E-state index >= 15 is 0 Å². The van der Waals surface area contributed by atoms with Gasteiger partial charge in [0.1, 0.15) is 23.2 Å². The number of nitrogens with one attached hydrogen (secondary N) is 2. The Bertz CT molecular complexity index is 1970. The van der Waals surface area contributed by atoms with Crippen molar-refractivity contribution >= 4 is 92.7 Å². The number of halogens is 12. The van der Waals surface area contributed by atoms with Crippen LogP contribution in [0.25, 0.3) is 0 Å². The van der Waals surface area contributed by atoms with Gasteiger partial charge in [0.25, 0.3) is 0 Å². The van der Waals surface area contributed by atoms with E-state index in [1.165, 1.54) is 72.8 Å². The molecule has 0 saturated carbocycles. The molecule has 4 aromatic rings. The van der Waals surface area contributed by atoms with Gasteiger partial charge in [-0.1, -0.05) is 18.2 Å². The molecule has 314 valence electrons. The molecule has 4 aromatic carbocycles. The van der Waals surface area contributed by atoms with Crippen LogP contribution in [0.15, 0.2) is 104 Å². The van der Waals surface area contributed by atoms with E-state index in [1.807, 2.05) is 0 Å². The summed E-state index contributed by atoms with van der Waals surface area (Å²) in [7, 11) is 0. The van der Waals surface area contributed by atoms with E-state index in [2.05, 4.69) is 80.8 Å². The molecule has 6 rings (SSSR count). The van der Waals surface area contributed by atoms with Crippen molar-refractivity contribution < 1.29 is 84.2 Å². The quantitative estimate of drug-likeness (QED) is 0.0674. The maximum absolute atomic E-state index is 13.6. The summed E-state index contributed by atoms with van der Waals surface area (Å²) in [5, 5.41) is 17.5. The molecule has 2 aliphatic heterocycles. The maximum Gasteiger partial charge on any atom is 2.00 e. The molecule has 1 atom stereocenters. The van der Waals surface area contributed by atoms with Crippen LogP contribution in [0.1, 0.15) is 34.3 Å². The molecule has 0 aromatic heterocycles. The topological polar surface area (TPSA) is 105 Å². The number of carbonyl (C=O) groups excluding carboxylic acids is 1. The number of ketones is 1. The van der Waals surface area contributed by atoms with Crippen molar-refractivity contribution in [2.75, 3.05) is 26.2 Å². The average molecular weight is 1190 g/mol. The number of hydrogen-bond acceptors (Lipinski definition) is 8. The van der Waals surface area contributed by atoms with E-state index < -0.39 is 29.9 Å². The minimum absolute atomic E-state index is 0. The zero-order chi connectivity index (χ0) is 41.5. The zero-order valence-corrected chi connectivity index (χ0v) is 38.7. The summed E-state index contributed by atoms with van der Waals surface area (Å²) in [6.45, 7) is 2.49. The maximum atomic E-state index is 13.6. The molecule has 8 nitrogen and oxygen atoms in total. The van der Waals surface area contributed by atoms with Crippen LogP contribution >= 0.6 is 52.2 Å². The number of benzene rings is 4. The predicted octanol–water partition coefficient (Wildman–Crippen LogP) is 6.17. The third-order valence-corrected chi connectivity index (χ3v) is 8.51. The smallest absolute Gasteiger partial charge is 2.00 e. The fourth-order valence-electron chi connectivity index (χ4n) is 4.87. The first-order valence-electron chi connectivity index (χ1n) is 15.9. The molecular weight excluding hydrogens is 1160 g/mol. The van der Waals surface area contributed by atoms with Gasteiger partial charge in [0.05, 0.1) is 8.95 Å². The van der Waals surface area contributed by atoms with Crippen molar-refractivity contribution in [3.63, 3.8) is 0 Å². The fourth-order valence-corrected chi connectivity index (χ4v) is 5.62. The van der Waals surface area contributed by atoms with Crippen LogP contribution in [-0.4, -0.2) is 84.5 Å². The van der Waals surface area contributed by atoms with Crippen LogP contribution in [0.2, 0.25) is 0 Å². The minimum Gasteiger partial charge on any atom is 2.00 e. The van der Waals surface area contributed by atoms with Crippen LogP contribution in [0, 0.1) is 17.7 Å². The standard InChI is InChI=1S/C18H15BrF4N2O2.C11H10BrFN2O.C7H4F3O.BrH.Cu.HI.Mg/c19-14-10-12(4-7-15(14)20)17(26,16-24-8-1-9-25-16)11-2-5-13(6-3-11)27-18(21,22)23;12-8-6-7(2-3-9(8)13)10(16)11-14-4-1-5-15-11;8-7(9,10)11-6-4-2-1-3-5-6;;;;/h2-7,10,26H,1,8-9H2,(H,24,25);2-3,6H,1,4-5H2,(H,14,15);2-5H;1H;;1H;/q;;-1;;+1;;+2/p-2. The number of carbonyl (C=O) groups is 1. The summed E-state index contributed by atoms with van der Waals surface area (Å²) >= 11 is 12.0. The summed E-state index contributed by atoms with van der Waals surface area (Å²) in [5.41, 5.74) is -0.772. The molecular formula is C36H29Br3CuF8IMgN4O4. The normalized spacial score (nSPS) is 14.3. The van der Waals surface area contributed by atoms with Crippen molar-refractivity contribution in [1.29, 1.82) is 0 Å². The summed E-state index contributed by atoms with van der Waals surface area (Å²) in [5.74, 6) is -1.10. The van der Waals surface area contributed by atoms with Gasteiger partial charge in [-0.05, 0) is 98.3 Å². The molecule has 3 N–H and O–H groups in total. The van der Waals surface area contributed by atoms with Crippen molar-refractivity contribution in [3.05, 3.63) is 128 Å². The van der Waals surface area contributed by atoms with E-state index in [-0.39, 0.29) is 77.7 Å². The summed E-state index contributed by atoms with van der Waals surface area (Å²) in [6, 6.07) is 20.7.